The zero-order valence-electron chi connectivity index (χ0n) is 11.4. The number of halogens is 1. The summed E-state index contributed by atoms with van der Waals surface area (Å²) in [5, 5.41) is 0.784. The third-order valence-corrected chi connectivity index (χ3v) is 2.93. The van der Waals surface area contributed by atoms with Crippen molar-refractivity contribution < 1.29 is 19.1 Å². The van der Waals surface area contributed by atoms with Gasteiger partial charge in [-0.2, -0.15) is 0 Å². The van der Waals surface area contributed by atoms with Gasteiger partial charge in [-0.3, -0.25) is 0 Å². The largest absolute Gasteiger partial charge is 0.462 e. The molecule has 0 aliphatic rings. The van der Waals surface area contributed by atoms with Crippen molar-refractivity contribution in [3.8, 4) is 0 Å². The molecule has 4 nitrogen and oxygen atoms in total. The van der Waals surface area contributed by atoms with Gasteiger partial charge in [-0.15, -0.1) is 0 Å². The molecular formula is C13H21BrO4. The molecule has 5 heteroatoms. The Labute approximate surface area is 117 Å². The van der Waals surface area contributed by atoms with E-state index in [1.165, 1.54) is 0 Å². The van der Waals surface area contributed by atoms with Crippen LogP contribution < -0.4 is 0 Å². The Morgan fingerprint density at radius 3 is 2.22 bits per heavy atom. The number of hydrogen-bond donors (Lipinski definition) is 0. The maximum atomic E-state index is 11.3. The molecule has 1 atom stereocenters. The van der Waals surface area contributed by atoms with Crippen LogP contribution in [0.15, 0.2) is 12.2 Å². The number of hydrogen-bond acceptors (Lipinski definition) is 4. The van der Waals surface area contributed by atoms with Crippen molar-refractivity contribution >= 4 is 27.9 Å². The molecule has 0 spiro atoms. The number of carbonyl (C=O) groups is 2. The molecule has 0 N–H and O–H groups in total. The van der Waals surface area contributed by atoms with E-state index in [2.05, 4.69) is 15.9 Å². The number of ether oxygens (including phenoxy) is 2. The fraction of sp³-hybridized carbons (Fsp3) is 0.692. The van der Waals surface area contributed by atoms with Crippen molar-refractivity contribution in [1.82, 2.24) is 0 Å². The highest BCUT2D eigenvalue weighted by Crippen LogP contribution is 2.08. The second kappa shape index (κ2) is 8.29. The van der Waals surface area contributed by atoms with Crippen LogP contribution in [0.25, 0.3) is 0 Å². The molecule has 0 saturated carbocycles. The Hall–Kier alpha value is -0.840. The van der Waals surface area contributed by atoms with E-state index in [1.807, 2.05) is 6.92 Å². The van der Waals surface area contributed by atoms with Crippen molar-refractivity contribution in [1.29, 1.82) is 0 Å². The molecule has 0 saturated heterocycles. The molecule has 104 valence electrons. The minimum atomic E-state index is -0.561. The van der Waals surface area contributed by atoms with Gasteiger partial charge in [-0.05, 0) is 27.2 Å². The third kappa shape index (κ3) is 9.22. The van der Waals surface area contributed by atoms with Crippen LogP contribution in [0.3, 0.4) is 0 Å². The lowest BCUT2D eigenvalue weighted by molar-refractivity contribution is -0.149. The normalized spacial score (nSPS) is 13.4. The standard InChI is InChI=1S/C13H21BrO4/c1-5-10(8-14)9-17-11(15)6-7-12(16)18-13(2,3)4/h6-7,10H,5,8-9H2,1-4H3/b7-6+/t10-/m0/s1. The van der Waals surface area contributed by atoms with Gasteiger partial charge in [0, 0.05) is 23.4 Å². The number of esters is 2. The minimum Gasteiger partial charge on any atom is -0.462 e. The first-order valence-electron chi connectivity index (χ1n) is 5.92. The molecule has 0 aromatic heterocycles. The average molecular weight is 321 g/mol. The second-order valence-electron chi connectivity index (χ2n) is 4.93. The lowest BCUT2D eigenvalue weighted by atomic mass is 10.1. The van der Waals surface area contributed by atoms with Crippen LogP contribution >= 0.6 is 15.9 Å². The molecule has 0 radical (unpaired) electrons. The summed E-state index contributed by atoms with van der Waals surface area (Å²) in [6, 6.07) is 0. The summed E-state index contributed by atoms with van der Waals surface area (Å²) in [4.78, 5) is 22.6. The molecule has 18 heavy (non-hydrogen) atoms. The Kier molecular flexibility index (Phi) is 7.91. The predicted molar refractivity (Wildman–Crippen MR) is 73.5 cm³/mol. The van der Waals surface area contributed by atoms with Crippen LogP contribution in [0.5, 0.6) is 0 Å². The van der Waals surface area contributed by atoms with E-state index < -0.39 is 17.5 Å². The minimum absolute atomic E-state index is 0.295. The van der Waals surface area contributed by atoms with Crippen molar-refractivity contribution in [2.24, 2.45) is 5.92 Å². The summed E-state index contributed by atoms with van der Waals surface area (Å²) in [6.45, 7) is 7.66. The van der Waals surface area contributed by atoms with E-state index in [4.69, 9.17) is 9.47 Å². The zero-order chi connectivity index (χ0) is 14.2. The maximum absolute atomic E-state index is 11.3. The molecule has 0 aliphatic heterocycles. The summed E-state index contributed by atoms with van der Waals surface area (Å²) >= 11 is 3.34. The van der Waals surface area contributed by atoms with Gasteiger partial charge in [0.1, 0.15) is 5.60 Å². The van der Waals surface area contributed by atoms with Crippen molar-refractivity contribution in [3.05, 3.63) is 12.2 Å². The Morgan fingerprint density at radius 1 is 1.22 bits per heavy atom. The highest BCUT2D eigenvalue weighted by molar-refractivity contribution is 9.09. The lowest BCUT2D eigenvalue weighted by Crippen LogP contribution is -2.22. The van der Waals surface area contributed by atoms with Gasteiger partial charge in [0.15, 0.2) is 0 Å². The molecule has 0 aromatic carbocycles. The monoisotopic (exact) mass is 320 g/mol. The molecule has 0 aromatic rings. The Morgan fingerprint density at radius 2 is 1.78 bits per heavy atom. The van der Waals surface area contributed by atoms with Gasteiger partial charge in [-0.25, -0.2) is 9.59 Å². The van der Waals surface area contributed by atoms with Crippen molar-refractivity contribution in [3.63, 3.8) is 0 Å². The van der Waals surface area contributed by atoms with Crippen molar-refractivity contribution in [2.75, 3.05) is 11.9 Å². The molecular weight excluding hydrogens is 300 g/mol. The van der Waals surface area contributed by atoms with E-state index in [-0.39, 0.29) is 0 Å². The number of carbonyl (C=O) groups excluding carboxylic acids is 2. The zero-order valence-corrected chi connectivity index (χ0v) is 13.0. The summed E-state index contributed by atoms with van der Waals surface area (Å²) in [6.07, 6.45) is 3.10. The van der Waals surface area contributed by atoms with Crippen LogP contribution in [0.4, 0.5) is 0 Å². The highest BCUT2D eigenvalue weighted by Gasteiger charge is 2.14. The van der Waals surface area contributed by atoms with Crippen LogP contribution in [0.1, 0.15) is 34.1 Å². The van der Waals surface area contributed by atoms with E-state index in [0.717, 1.165) is 23.9 Å². The second-order valence-corrected chi connectivity index (χ2v) is 5.57. The van der Waals surface area contributed by atoms with Gasteiger partial charge in [0.25, 0.3) is 0 Å². The average Bonchev–Trinajstić information content (AvgIpc) is 2.25. The highest BCUT2D eigenvalue weighted by atomic mass is 79.9. The fourth-order valence-electron chi connectivity index (χ4n) is 0.991. The van der Waals surface area contributed by atoms with Gasteiger partial charge in [0.05, 0.1) is 6.61 Å². The van der Waals surface area contributed by atoms with Crippen LogP contribution in [0, 0.1) is 5.92 Å². The summed E-state index contributed by atoms with van der Waals surface area (Å²) in [5.74, 6) is -0.781. The predicted octanol–water partition coefficient (Wildman–Crippen LogP) is 2.85. The molecule has 0 fully saturated rings. The van der Waals surface area contributed by atoms with Gasteiger partial charge < -0.3 is 9.47 Å². The summed E-state index contributed by atoms with van der Waals surface area (Å²) in [5.41, 5.74) is -0.561. The molecule has 0 unspecified atom stereocenters. The molecule has 0 amide bonds. The first-order valence-corrected chi connectivity index (χ1v) is 7.04. The fourth-order valence-corrected chi connectivity index (χ4v) is 1.64. The molecule has 0 bridgehead atoms. The van der Waals surface area contributed by atoms with Gasteiger partial charge >= 0.3 is 11.9 Å². The van der Waals surface area contributed by atoms with Crippen LogP contribution in [0.2, 0.25) is 0 Å². The van der Waals surface area contributed by atoms with Gasteiger partial charge in [-0.1, -0.05) is 22.9 Å². The van der Waals surface area contributed by atoms with E-state index >= 15 is 0 Å². The first-order chi connectivity index (χ1) is 8.28. The summed E-state index contributed by atoms with van der Waals surface area (Å²) in [7, 11) is 0. The van der Waals surface area contributed by atoms with E-state index in [1.54, 1.807) is 20.8 Å². The Balaban J connectivity index is 4.04. The molecule has 0 heterocycles. The smallest absolute Gasteiger partial charge is 0.331 e. The van der Waals surface area contributed by atoms with Crippen molar-refractivity contribution in [2.45, 2.75) is 39.7 Å². The summed E-state index contributed by atoms with van der Waals surface area (Å²) < 4.78 is 10.0. The SMILES string of the molecule is CC[C@@H](CBr)COC(=O)/C=C/C(=O)OC(C)(C)C. The van der Waals surface area contributed by atoms with Crippen LogP contribution in [-0.2, 0) is 19.1 Å². The third-order valence-electron chi connectivity index (χ3n) is 2.02. The topological polar surface area (TPSA) is 52.6 Å². The Bertz CT molecular complexity index is 301. The van der Waals surface area contributed by atoms with E-state index in [9.17, 15) is 9.59 Å². The molecule has 0 aliphatic carbocycles. The molecule has 0 rings (SSSR count). The lowest BCUT2D eigenvalue weighted by Gasteiger charge is -2.17. The van der Waals surface area contributed by atoms with Gasteiger partial charge in [0.2, 0.25) is 0 Å². The first kappa shape index (κ1) is 17.2. The number of rotatable bonds is 6. The van der Waals surface area contributed by atoms with E-state index in [0.29, 0.717) is 12.5 Å². The van der Waals surface area contributed by atoms with Crippen LogP contribution in [-0.4, -0.2) is 29.5 Å². The number of alkyl halides is 1. The quantitative estimate of drug-likeness (QED) is 0.429. The maximum Gasteiger partial charge on any atom is 0.331 e.